The smallest absolute Gasteiger partial charge is 0.324 e. The molecule has 1 saturated heterocycles. The first-order valence-corrected chi connectivity index (χ1v) is 7.21. The van der Waals surface area contributed by atoms with Crippen LogP contribution in [0.2, 0.25) is 0 Å². The molecule has 0 bridgehead atoms. The van der Waals surface area contributed by atoms with Crippen molar-refractivity contribution < 1.29 is 4.79 Å². The number of rotatable bonds is 0. The van der Waals surface area contributed by atoms with E-state index < -0.39 is 0 Å². The number of nitrogens with two attached hydrogens (primary N) is 1. The Morgan fingerprint density at radius 2 is 1.84 bits per heavy atom. The zero-order valence-electron chi connectivity index (χ0n) is 11.3. The average Bonchev–Trinajstić information content (AvgIpc) is 2.47. The van der Waals surface area contributed by atoms with Gasteiger partial charge in [0.1, 0.15) is 0 Å². The molecule has 0 saturated carbocycles. The Bertz CT molecular complexity index is 480. The minimum absolute atomic E-state index is 0.159. The number of amides is 2. The van der Waals surface area contributed by atoms with Crippen molar-refractivity contribution in [1.29, 1.82) is 0 Å². The summed E-state index contributed by atoms with van der Waals surface area (Å²) in [5, 5.41) is 0. The summed E-state index contributed by atoms with van der Waals surface area (Å²) in [6.07, 6.45) is 5.48. The largest absolute Gasteiger partial charge is 0.398 e. The van der Waals surface area contributed by atoms with Crippen LogP contribution in [0.5, 0.6) is 0 Å². The molecule has 0 spiro atoms. The van der Waals surface area contributed by atoms with Gasteiger partial charge >= 0.3 is 6.03 Å². The minimum atomic E-state index is 0.159. The molecular formula is C15H21N3O. The van der Waals surface area contributed by atoms with Crippen LogP contribution in [0.1, 0.15) is 31.2 Å². The van der Waals surface area contributed by atoms with E-state index in [1.54, 1.807) is 0 Å². The lowest BCUT2D eigenvalue weighted by Gasteiger charge is -2.36. The molecule has 19 heavy (non-hydrogen) atoms. The average molecular weight is 259 g/mol. The van der Waals surface area contributed by atoms with Gasteiger partial charge in [-0.25, -0.2) is 4.79 Å². The van der Waals surface area contributed by atoms with Crippen molar-refractivity contribution in [2.24, 2.45) is 0 Å². The predicted octanol–water partition coefficient (Wildman–Crippen LogP) is 2.63. The summed E-state index contributed by atoms with van der Waals surface area (Å²) in [6, 6.07) is 6.04. The van der Waals surface area contributed by atoms with E-state index in [-0.39, 0.29) is 6.03 Å². The van der Waals surface area contributed by atoms with E-state index in [2.05, 4.69) is 0 Å². The maximum atomic E-state index is 12.6. The van der Waals surface area contributed by atoms with Gasteiger partial charge in [-0.05, 0) is 49.8 Å². The molecule has 2 amide bonds. The second kappa shape index (κ2) is 5.11. The van der Waals surface area contributed by atoms with E-state index >= 15 is 0 Å². The lowest BCUT2D eigenvalue weighted by Crippen LogP contribution is -2.47. The molecule has 2 aliphatic heterocycles. The van der Waals surface area contributed by atoms with E-state index in [1.165, 1.54) is 6.42 Å². The van der Waals surface area contributed by atoms with E-state index in [0.29, 0.717) is 0 Å². The Balaban J connectivity index is 1.86. The van der Waals surface area contributed by atoms with Crippen molar-refractivity contribution in [3.63, 3.8) is 0 Å². The summed E-state index contributed by atoms with van der Waals surface area (Å²) in [5.74, 6) is 0. The van der Waals surface area contributed by atoms with Gasteiger partial charge in [-0.1, -0.05) is 6.07 Å². The molecule has 0 aliphatic carbocycles. The van der Waals surface area contributed by atoms with Crippen LogP contribution in [-0.2, 0) is 6.42 Å². The van der Waals surface area contributed by atoms with Crippen molar-refractivity contribution in [3.05, 3.63) is 23.8 Å². The molecule has 0 radical (unpaired) electrons. The Hall–Kier alpha value is -1.71. The van der Waals surface area contributed by atoms with Gasteiger partial charge in [0, 0.05) is 25.3 Å². The quantitative estimate of drug-likeness (QED) is 0.728. The summed E-state index contributed by atoms with van der Waals surface area (Å²) in [4.78, 5) is 16.5. The number of nitrogens with zero attached hydrogens (tertiary/aromatic N) is 2. The standard InChI is InChI=1S/C15H21N3O/c16-13-7-4-8-14-12(13)6-5-11-18(14)15(19)17-9-2-1-3-10-17/h4,7-8H,1-3,5-6,9-11,16H2. The molecular weight excluding hydrogens is 238 g/mol. The number of benzene rings is 1. The topological polar surface area (TPSA) is 49.6 Å². The Morgan fingerprint density at radius 3 is 2.63 bits per heavy atom. The molecule has 102 valence electrons. The third-order valence-corrected chi connectivity index (χ3v) is 4.14. The van der Waals surface area contributed by atoms with Gasteiger partial charge in [-0.15, -0.1) is 0 Å². The molecule has 2 heterocycles. The Morgan fingerprint density at radius 1 is 1.05 bits per heavy atom. The second-order valence-corrected chi connectivity index (χ2v) is 5.43. The maximum absolute atomic E-state index is 12.6. The highest BCUT2D eigenvalue weighted by Crippen LogP contribution is 2.32. The normalized spacial score (nSPS) is 19.2. The van der Waals surface area contributed by atoms with E-state index in [1.807, 2.05) is 28.0 Å². The third-order valence-electron chi connectivity index (χ3n) is 4.14. The number of fused-ring (bicyclic) bond motifs is 1. The van der Waals surface area contributed by atoms with Gasteiger partial charge in [-0.3, -0.25) is 4.90 Å². The number of likely N-dealkylation sites (tertiary alicyclic amines) is 1. The Labute approximate surface area is 114 Å². The molecule has 1 aromatic carbocycles. The highest BCUT2D eigenvalue weighted by molar-refractivity contribution is 5.94. The van der Waals surface area contributed by atoms with Crippen molar-refractivity contribution in [1.82, 2.24) is 4.90 Å². The van der Waals surface area contributed by atoms with Crippen LogP contribution in [0.4, 0.5) is 16.2 Å². The number of carbonyl (C=O) groups is 1. The van der Waals surface area contributed by atoms with Gasteiger partial charge < -0.3 is 10.6 Å². The third kappa shape index (κ3) is 2.27. The molecule has 0 atom stereocenters. The number of hydrogen-bond donors (Lipinski definition) is 1. The summed E-state index contributed by atoms with van der Waals surface area (Å²) < 4.78 is 0. The lowest BCUT2D eigenvalue weighted by atomic mass is 10.00. The van der Waals surface area contributed by atoms with Crippen LogP contribution in [0.25, 0.3) is 0 Å². The molecule has 0 aromatic heterocycles. The highest BCUT2D eigenvalue weighted by Gasteiger charge is 2.27. The van der Waals surface area contributed by atoms with Gasteiger partial charge in [0.05, 0.1) is 5.69 Å². The predicted molar refractivity (Wildman–Crippen MR) is 77.3 cm³/mol. The summed E-state index contributed by atoms with van der Waals surface area (Å²) in [7, 11) is 0. The van der Waals surface area contributed by atoms with E-state index in [9.17, 15) is 4.79 Å². The molecule has 0 unspecified atom stereocenters. The molecule has 4 nitrogen and oxygen atoms in total. The SMILES string of the molecule is Nc1cccc2c1CCCN2C(=O)N1CCCCC1. The molecule has 4 heteroatoms. The van der Waals surface area contributed by atoms with E-state index in [4.69, 9.17) is 5.73 Å². The van der Waals surface area contributed by atoms with Gasteiger partial charge in [0.2, 0.25) is 0 Å². The van der Waals surface area contributed by atoms with Crippen molar-refractivity contribution in [2.45, 2.75) is 32.1 Å². The summed E-state index contributed by atoms with van der Waals surface area (Å²) in [5.41, 5.74) is 9.00. The Kier molecular flexibility index (Phi) is 3.32. The first-order chi connectivity index (χ1) is 9.27. The second-order valence-electron chi connectivity index (χ2n) is 5.43. The van der Waals surface area contributed by atoms with Crippen molar-refractivity contribution in [3.8, 4) is 0 Å². The molecule has 2 N–H and O–H groups in total. The highest BCUT2D eigenvalue weighted by atomic mass is 16.2. The summed E-state index contributed by atoms with van der Waals surface area (Å²) in [6.45, 7) is 2.60. The van der Waals surface area contributed by atoms with Crippen LogP contribution >= 0.6 is 0 Å². The van der Waals surface area contributed by atoms with Crippen LogP contribution in [0.3, 0.4) is 0 Å². The molecule has 2 aliphatic rings. The number of hydrogen-bond acceptors (Lipinski definition) is 2. The number of nitrogen functional groups attached to an aromatic ring is 1. The minimum Gasteiger partial charge on any atom is -0.398 e. The summed E-state index contributed by atoms with van der Waals surface area (Å²) >= 11 is 0. The van der Waals surface area contributed by atoms with Crippen LogP contribution in [-0.4, -0.2) is 30.6 Å². The maximum Gasteiger partial charge on any atom is 0.324 e. The first kappa shape index (κ1) is 12.3. The lowest BCUT2D eigenvalue weighted by molar-refractivity contribution is 0.192. The fourth-order valence-electron chi connectivity index (χ4n) is 3.11. The monoisotopic (exact) mass is 259 g/mol. The van der Waals surface area contributed by atoms with E-state index in [0.717, 1.165) is 62.3 Å². The van der Waals surface area contributed by atoms with Crippen molar-refractivity contribution >= 4 is 17.4 Å². The zero-order chi connectivity index (χ0) is 13.2. The van der Waals surface area contributed by atoms with Gasteiger partial charge in [0.15, 0.2) is 0 Å². The van der Waals surface area contributed by atoms with Gasteiger partial charge in [0.25, 0.3) is 0 Å². The molecule has 3 rings (SSSR count). The fraction of sp³-hybridized carbons (Fsp3) is 0.533. The van der Waals surface area contributed by atoms with Crippen LogP contribution in [0, 0.1) is 0 Å². The fourth-order valence-corrected chi connectivity index (χ4v) is 3.11. The number of carbonyl (C=O) groups excluding carboxylic acids is 1. The number of anilines is 2. The molecule has 1 aromatic rings. The number of urea groups is 1. The number of piperidine rings is 1. The van der Waals surface area contributed by atoms with Gasteiger partial charge in [-0.2, -0.15) is 0 Å². The zero-order valence-corrected chi connectivity index (χ0v) is 11.3. The molecule has 1 fully saturated rings. The van der Waals surface area contributed by atoms with Crippen molar-refractivity contribution in [2.75, 3.05) is 30.3 Å². The first-order valence-electron chi connectivity index (χ1n) is 7.21. The van der Waals surface area contributed by atoms with Crippen LogP contribution < -0.4 is 10.6 Å². The van der Waals surface area contributed by atoms with Crippen LogP contribution in [0.15, 0.2) is 18.2 Å².